The van der Waals surface area contributed by atoms with Crippen LogP contribution in [0.4, 0.5) is 0 Å². The lowest BCUT2D eigenvalue weighted by molar-refractivity contribution is -0.148. The zero-order chi connectivity index (χ0) is 12.9. The molecule has 1 atom stereocenters. The monoisotopic (exact) mass is 250 g/mol. The van der Waals surface area contributed by atoms with Gasteiger partial charge in [0.1, 0.15) is 0 Å². The summed E-state index contributed by atoms with van der Waals surface area (Å²) in [5, 5.41) is 17.9. The molecule has 0 amide bonds. The van der Waals surface area contributed by atoms with Crippen LogP contribution in [0.2, 0.25) is 0 Å². The summed E-state index contributed by atoms with van der Waals surface area (Å²) in [5.74, 6) is 0.498. The van der Waals surface area contributed by atoms with Crippen molar-refractivity contribution in [1.82, 2.24) is 0 Å². The molecule has 0 aliphatic rings. The van der Waals surface area contributed by atoms with E-state index in [4.69, 9.17) is 19.3 Å². The summed E-state index contributed by atoms with van der Waals surface area (Å²) in [6.45, 7) is 6.09. The third-order valence-corrected chi connectivity index (χ3v) is 2.55. The van der Waals surface area contributed by atoms with Gasteiger partial charge in [-0.15, -0.1) is 0 Å². The molecule has 1 unspecified atom stereocenters. The van der Waals surface area contributed by atoms with Crippen molar-refractivity contribution in [3.63, 3.8) is 0 Å². The highest BCUT2D eigenvalue weighted by atomic mass is 16.6. The zero-order valence-electron chi connectivity index (χ0n) is 10.9. The highest BCUT2D eigenvalue weighted by Gasteiger charge is 2.08. The summed E-state index contributed by atoms with van der Waals surface area (Å²) in [7, 11) is 0. The van der Waals surface area contributed by atoms with Crippen molar-refractivity contribution in [2.75, 3.05) is 39.6 Å². The van der Waals surface area contributed by atoms with Gasteiger partial charge in [0.15, 0.2) is 6.29 Å². The summed E-state index contributed by atoms with van der Waals surface area (Å²) < 4.78 is 15.4. The van der Waals surface area contributed by atoms with Crippen LogP contribution in [0.3, 0.4) is 0 Å². The Morgan fingerprint density at radius 3 is 2.18 bits per heavy atom. The summed E-state index contributed by atoms with van der Waals surface area (Å²) >= 11 is 0. The van der Waals surface area contributed by atoms with Crippen LogP contribution in [-0.2, 0) is 14.2 Å². The molecule has 0 aromatic rings. The molecule has 0 aromatic carbocycles. The van der Waals surface area contributed by atoms with Crippen molar-refractivity contribution in [3.8, 4) is 0 Å². The molecule has 0 aliphatic carbocycles. The lowest BCUT2D eigenvalue weighted by Crippen LogP contribution is -2.23. The minimum atomic E-state index is -0.867. The van der Waals surface area contributed by atoms with Crippen LogP contribution in [0.15, 0.2) is 0 Å². The fraction of sp³-hybridized carbons (Fsp3) is 1.00. The molecule has 0 heterocycles. The van der Waals surface area contributed by atoms with Crippen LogP contribution < -0.4 is 0 Å². The van der Waals surface area contributed by atoms with Crippen molar-refractivity contribution < 1.29 is 24.4 Å². The van der Waals surface area contributed by atoms with Gasteiger partial charge in [-0.3, -0.25) is 0 Å². The SMILES string of the molecule is CCC(CC)COC(O)COCCOCCO. The van der Waals surface area contributed by atoms with Crippen molar-refractivity contribution in [3.05, 3.63) is 0 Å². The van der Waals surface area contributed by atoms with Gasteiger partial charge in [0.2, 0.25) is 0 Å². The van der Waals surface area contributed by atoms with Crippen LogP contribution in [0, 0.1) is 5.92 Å². The third-order valence-electron chi connectivity index (χ3n) is 2.55. The predicted octanol–water partition coefficient (Wildman–Crippen LogP) is 0.783. The molecule has 0 radical (unpaired) electrons. The Labute approximate surface area is 104 Å². The van der Waals surface area contributed by atoms with Gasteiger partial charge in [0.25, 0.3) is 0 Å². The van der Waals surface area contributed by atoms with Crippen LogP contribution in [0.25, 0.3) is 0 Å². The van der Waals surface area contributed by atoms with E-state index in [1.165, 1.54) is 0 Å². The fourth-order valence-electron chi connectivity index (χ4n) is 1.29. The minimum absolute atomic E-state index is 0.0150. The zero-order valence-corrected chi connectivity index (χ0v) is 10.9. The minimum Gasteiger partial charge on any atom is -0.394 e. The van der Waals surface area contributed by atoms with Crippen LogP contribution >= 0.6 is 0 Å². The molecular formula is C12H26O5. The molecule has 5 nitrogen and oxygen atoms in total. The molecule has 0 aromatic heterocycles. The molecule has 0 saturated carbocycles. The van der Waals surface area contributed by atoms with Crippen molar-refractivity contribution >= 4 is 0 Å². The van der Waals surface area contributed by atoms with E-state index >= 15 is 0 Å². The Balaban J connectivity index is 3.30. The van der Waals surface area contributed by atoms with Crippen molar-refractivity contribution in [2.24, 2.45) is 5.92 Å². The molecule has 0 fully saturated rings. The standard InChI is InChI=1S/C12H26O5/c1-3-11(4-2)9-17-12(14)10-16-8-7-15-6-5-13/h11-14H,3-10H2,1-2H3. The van der Waals surface area contributed by atoms with Crippen LogP contribution in [-0.4, -0.2) is 56.1 Å². The summed E-state index contributed by atoms with van der Waals surface area (Å²) in [6, 6.07) is 0. The quantitative estimate of drug-likeness (QED) is 0.396. The first-order chi connectivity index (χ1) is 8.24. The Kier molecular flexibility index (Phi) is 12.1. The first kappa shape index (κ1) is 16.8. The Bertz CT molecular complexity index is 150. The van der Waals surface area contributed by atoms with Gasteiger partial charge < -0.3 is 24.4 Å². The number of aliphatic hydroxyl groups excluding tert-OH is 2. The van der Waals surface area contributed by atoms with Gasteiger partial charge in [0, 0.05) is 0 Å². The van der Waals surface area contributed by atoms with E-state index in [0.29, 0.717) is 32.3 Å². The molecule has 0 aliphatic heterocycles. The second kappa shape index (κ2) is 12.3. The van der Waals surface area contributed by atoms with E-state index in [1.54, 1.807) is 0 Å². The molecular weight excluding hydrogens is 224 g/mol. The normalized spacial score (nSPS) is 13.2. The van der Waals surface area contributed by atoms with E-state index in [9.17, 15) is 5.11 Å². The van der Waals surface area contributed by atoms with Gasteiger partial charge in [-0.1, -0.05) is 26.7 Å². The van der Waals surface area contributed by atoms with Gasteiger partial charge in [0.05, 0.1) is 39.6 Å². The lowest BCUT2D eigenvalue weighted by atomic mass is 10.1. The summed E-state index contributed by atoms with van der Waals surface area (Å²) in [6.07, 6.45) is 1.24. The molecule has 0 spiro atoms. The molecule has 104 valence electrons. The second-order valence-electron chi connectivity index (χ2n) is 3.88. The van der Waals surface area contributed by atoms with E-state index in [0.717, 1.165) is 12.8 Å². The number of aliphatic hydroxyl groups is 2. The van der Waals surface area contributed by atoms with Gasteiger partial charge in [-0.05, 0) is 5.92 Å². The van der Waals surface area contributed by atoms with E-state index in [2.05, 4.69) is 13.8 Å². The number of rotatable bonds is 12. The maximum absolute atomic E-state index is 9.46. The maximum atomic E-state index is 9.46. The largest absolute Gasteiger partial charge is 0.394 e. The lowest BCUT2D eigenvalue weighted by Gasteiger charge is -2.17. The van der Waals surface area contributed by atoms with Gasteiger partial charge in [-0.25, -0.2) is 0 Å². The first-order valence-corrected chi connectivity index (χ1v) is 6.30. The molecule has 0 bridgehead atoms. The van der Waals surface area contributed by atoms with Gasteiger partial charge in [-0.2, -0.15) is 0 Å². The van der Waals surface area contributed by atoms with Crippen LogP contribution in [0.5, 0.6) is 0 Å². The first-order valence-electron chi connectivity index (χ1n) is 6.30. The van der Waals surface area contributed by atoms with Crippen molar-refractivity contribution in [1.29, 1.82) is 0 Å². The van der Waals surface area contributed by atoms with Crippen LogP contribution in [0.1, 0.15) is 26.7 Å². The number of hydrogen-bond acceptors (Lipinski definition) is 5. The summed E-state index contributed by atoms with van der Waals surface area (Å²) in [5.41, 5.74) is 0. The average Bonchev–Trinajstić information content (AvgIpc) is 2.35. The molecule has 0 saturated heterocycles. The highest BCUT2D eigenvalue weighted by molar-refractivity contribution is 4.52. The molecule has 0 rings (SSSR count). The third kappa shape index (κ3) is 10.7. The van der Waals surface area contributed by atoms with E-state index < -0.39 is 6.29 Å². The number of ether oxygens (including phenoxy) is 3. The molecule has 5 heteroatoms. The predicted molar refractivity (Wildman–Crippen MR) is 64.8 cm³/mol. The molecule has 17 heavy (non-hydrogen) atoms. The molecule has 2 N–H and O–H groups in total. The Hall–Kier alpha value is -0.200. The second-order valence-corrected chi connectivity index (χ2v) is 3.88. The average molecular weight is 250 g/mol. The highest BCUT2D eigenvalue weighted by Crippen LogP contribution is 2.08. The van der Waals surface area contributed by atoms with E-state index in [1.807, 2.05) is 0 Å². The van der Waals surface area contributed by atoms with E-state index in [-0.39, 0.29) is 13.2 Å². The topological polar surface area (TPSA) is 68.2 Å². The smallest absolute Gasteiger partial charge is 0.178 e. The van der Waals surface area contributed by atoms with Gasteiger partial charge >= 0.3 is 0 Å². The number of hydrogen-bond donors (Lipinski definition) is 2. The summed E-state index contributed by atoms with van der Waals surface area (Å²) in [4.78, 5) is 0. The fourth-order valence-corrected chi connectivity index (χ4v) is 1.29. The Morgan fingerprint density at radius 1 is 0.941 bits per heavy atom. The Morgan fingerprint density at radius 2 is 1.59 bits per heavy atom. The maximum Gasteiger partial charge on any atom is 0.178 e. The van der Waals surface area contributed by atoms with Crippen molar-refractivity contribution in [2.45, 2.75) is 33.0 Å².